The van der Waals surface area contributed by atoms with Gasteiger partial charge >= 0.3 is 0 Å². The highest BCUT2D eigenvalue weighted by Gasteiger charge is 2.36. The van der Waals surface area contributed by atoms with Crippen LogP contribution in [0.3, 0.4) is 0 Å². The topological polar surface area (TPSA) is 0 Å². The van der Waals surface area contributed by atoms with Crippen LogP contribution >= 0.6 is 0 Å². The molecular weight excluding hydrogens is 455 g/mol. The van der Waals surface area contributed by atoms with Crippen LogP contribution in [0.4, 0.5) is 22.0 Å². The summed E-state index contributed by atoms with van der Waals surface area (Å²) in [5.41, 5.74) is 0.733. The third-order valence-corrected chi connectivity index (χ3v) is 6.63. The Labute approximate surface area is 205 Å². The van der Waals surface area contributed by atoms with Gasteiger partial charge in [0.15, 0.2) is 11.6 Å². The Morgan fingerprint density at radius 3 is 2.23 bits per heavy atom. The Balaban J connectivity index is 1.60. The summed E-state index contributed by atoms with van der Waals surface area (Å²) in [5, 5.41) is 0. The van der Waals surface area contributed by atoms with Gasteiger partial charge in [-0.2, -0.15) is 0 Å². The second-order valence-corrected chi connectivity index (χ2v) is 9.41. The molecule has 0 bridgehead atoms. The molecule has 0 aliphatic heterocycles. The third kappa shape index (κ3) is 7.95. The van der Waals surface area contributed by atoms with E-state index in [2.05, 4.69) is 18.8 Å². The molecule has 0 nitrogen and oxygen atoms in total. The van der Waals surface area contributed by atoms with Crippen LogP contribution in [-0.2, 0) is 0 Å². The molecule has 35 heavy (non-hydrogen) atoms. The molecule has 0 heterocycles. The molecule has 0 N–H and O–H groups in total. The summed E-state index contributed by atoms with van der Waals surface area (Å²) in [7, 11) is 0. The largest absolute Gasteiger partial charge is 0.248 e. The first-order chi connectivity index (χ1) is 16.8. The molecule has 0 aromatic heterocycles. The molecule has 0 atom stereocenters. The molecule has 1 fully saturated rings. The van der Waals surface area contributed by atoms with Gasteiger partial charge in [0.25, 0.3) is 0 Å². The minimum absolute atomic E-state index is 0.0940. The molecule has 5 heteroatoms. The zero-order chi connectivity index (χ0) is 25.3. The van der Waals surface area contributed by atoms with Crippen molar-refractivity contribution in [2.24, 2.45) is 0 Å². The van der Waals surface area contributed by atoms with Crippen molar-refractivity contribution < 1.29 is 22.0 Å². The highest BCUT2D eigenvalue weighted by molar-refractivity contribution is 5.53. The average Bonchev–Trinajstić information content (AvgIpc) is 2.83. The van der Waals surface area contributed by atoms with Gasteiger partial charge in [-0.05, 0) is 60.9 Å². The number of rotatable bonds is 9. The zero-order valence-electron chi connectivity index (χ0n) is 20.3. The molecule has 0 amide bonds. The van der Waals surface area contributed by atoms with E-state index < -0.39 is 29.3 Å². The lowest BCUT2D eigenvalue weighted by molar-refractivity contribution is -0.0384. The predicted octanol–water partition coefficient (Wildman–Crippen LogP) is 9.56. The summed E-state index contributed by atoms with van der Waals surface area (Å²) in [5.74, 6) is -0.792. The van der Waals surface area contributed by atoms with Crippen LogP contribution in [0.15, 0.2) is 36.4 Å². The van der Waals surface area contributed by atoms with E-state index in [-0.39, 0.29) is 42.4 Å². The second-order valence-electron chi connectivity index (χ2n) is 9.41. The molecule has 1 aliphatic carbocycles. The number of hydrogen-bond donors (Lipinski definition) is 0. The van der Waals surface area contributed by atoms with Crippen molar-refractivity contribution in [3.63, 3.8) is 0 Å². The number of allylic oxidation sites excluding steroid dienone is 1. The van der Waals surface area contributed by atoms with E-state index in [9.17, 15) is 22.0 Å². The number of hydrogen-bond acceptors (Lipinski definition) is 0. The molecule has 2 aromatic carbocycles. The third-order valence-electron chi connectivity index (χ3n) is 6.63. The van der Waals surface area contributed by atoms with Crippen LogP contribution in [0.1, 0.15) is 106 Å². The van der Waals surface area contributed by atoms with Gasteiger partial charge in [0.05, 0.1) is 11.1 Å². The minimum atomic E-state index is -2.74. The van der Waals surface area contributed by atoms with Crippen molar-refractivity contribution in [1.82, 2.24) is 0 Å². The van der Waals surface area contributed by atoms with Crippen LogP contribution < -0.4 is 0 Å². The van der Waals surface area contributed by atoms with Crippen LogP contribution in [0.25, 0.3) is 6.08 Å². The Kier molecular flexibility index (Phi) is 9.95. The van der Waals surface area contributed by atoms with E-state index in [0.717, 1.165) is 18.4 Å². The fourth-order valence-corrected chi connectivity index (χ4v) is 4.46. The first-order valence-electron chi connectivity index (χ1n) is 12.6. The minimum Gasteiger partial charge on any atom is -0.207 e. The van der Waals surface area contributed by atoms with Crippen molar-refractivity contribution in [2.75, 3.05) is 0 Å². The van der Waals surface area contributed by atoms with Crippen molar-refractivity contribution in [1.29, 1.82) is 0 Å². The van der Waals surface area contributed by atoms with Crippen molar-refractivity contribution >= 4 is 6.08 Å². The van der Waals surface area contributed by atoms with Crippen molar-refractivity contribution in [3.8, 4) is 11.8 Å². The standard InChI is InChI=1S/C30H33F5/c1-2-3-4-5-6-7-8-9-10-22-11-12-24(27(31)21-22)13-14-25-15-16-26(29(33)28(25)32)23-17-19-30(34,35)20-18-23/h9-12,15-16,21,23H,2-8,17-20H2,1H3/b10-9+. The summed E-state index contributed by atoms with van der Waals surface area (Å²) in [4.78, 5) is 0. The number of halogens is 5. The van der Waals surface area contributed by atoms with Crippen LogP contribution in [-0.4, -0.2) is 5.92 Å². The van der Waals surface area contributed by atoms with Crippen molar-refractivity contribution in [2.45, 2.75) is 89.4 Å². The summed E-state index contributed by atoms with van der Waals surface area (Å²) >= 11 is 0. The highest BCUT2D eigenvalue weighted by Crippen LogP contribution is 2.41. The highest BCUT2D eigenvalue weighted by atomic mass is 19.3. The zero-order valence-corrected chi connectivity index (χ0v) is 20.3. The Hall–Kier alpha value is -2.61. The summed E-state index contributed by atoms with van der Waals surface area (Å²) in [6.45, 7) is 2.20. The second kappa shape index (κ2) is 12.9. The number of alkyl halides is 2. The molecular formula is C30H33F5. The average molecular weight is 489 g/mol. The molecule has 0 radical (unpaired) electrons. The Bertz CT molecular complexity index is 1060. The Morgan fingerprint density at radius 2 is 1.51 bits per heavy atom. The van der Waals surface area contributed by atoms with Crippen LogP contribution in [0, 0.1) is 29.3 Å². The number of unbranched alkanes of at least 4 members (excludes halogenated alkanes) is 6. The maximum atomic E-state index is 14.6. The smallest absolute Gasteiger partial charge is 0.207 e. The SMILES string of the molecule is CCCCCCCC/C=C/c1ccc(C#Cc2ccc(C3CCC(F)(F)CC3)c(F)c2F)c(F)c1. The molecule has 3 rings (SSSR count). The summed E-state index contributed by atoms with van der Waals surface area (Å²) < 4.78 is 70.5. The normalized spacial score (nSPS) is 15.8. The molecule has 0 spiro atoms. The van der Waals surface area contributed by atoms with Gasteiger partial charge in [-0.25, -0.2) is 22.0 Å². The quantitative estimate of drug-likeness (QED) is 0.187. The van der Waals surface area contributed by atoms with Gasteiger partial charge in [-0.15, -0.1) is 0 Å². The van der Waals surface area contributed by atoms with Gasteiger partial charge < -0.3 is 0 Å². The predicted molar refractivity (Wildman–Crippen MR) is 132 cm³/mol. The van der Waals surface area contributed by atoms with Gasteiger partial charge in [0.1, 0.15) is 5.82 Å². The summed E-state index contributed by atoms with van der Waals surface area (Å²) in [6.07, 6.45) is 11.8. The van der Waals surface area contributed by atoms with E-state index >= 15 is 0 Å². The maximum absolute atomic E-state index is 14.6. The van der Waals surface area contributed by atoms with Crippen molar-refractivity contribution in [3.05, 3.63) is 76.1 Å². The molecule has 2 aromatic rings. The van der Waals surface area contributed by atoms with Crippen LogP contribution in [0.2, 0.25) is 0 Å². The lowest BCUT2D eigenvalue weighted by atomic mass is 9.82. The van der Waals surface area contributed by atoms with E-state index in [1.807, 2.05) is 12.2 Å². The monoisotopic (exact) mass is 488 g/mol. The van der Waals surface area contributed by atoms with Gasteiger partial charge in [0, 0.05) is 12.8 Å². The fourth-order valence-electron chi connectivity index (χ4n) is 4.46. The van der Waals surface area contributed by atoms with Gasteiger partial charge in [0.2, 0.25) is 5.92 Å². The van der Waals surface area contributed by atoms with Gasteiger partial charge in [-0.3, -0.25) is 0 Å². The van der Waals surface area contributed by atoms with Crippen LogP contribution in [0.5, 0.6) is 0 Å². The molecule has 0 unspecified atom stereocenters. The van der Waals surface area contributed by atoms with Gasteiger partial charge in [-0.1, -0.05) is 75.2 Å². The lowest BCUT2D eigenvalue weighted by Crippen LogP contribution is -2.24. The molecule has 1 saturated carbocycles. The maximum Gasteiger partial charge on any atom is 0.248 e. The molecule has 0 saturated heterocycles. The first kappa shape index (κ1) is 27.0. The molecule has 1 aliphatic rings. The number of benzene rings is 2. The van der Waals surface area contributed by atoms with E-state index in [1.54, 1.807) is 6.07 Å². The molecule has 188 valence electrons. The Morgan fingerprint density at radius 1 is 0.857 bits per heavy atom. The lowest BCUT2D eigenvalue weighted by Gasteiger charge is -2.28. The van der Waals surface area contributed by atoms with E-state index in [1.165, 1.54) is 56.4 Å². The first-order valence-corrected chi connectivity index (χ1v) is 12.6. The van der Waals surface area contributed by atoms with E-state index in [0.29, 0.717) is 0 Å². The summed E-state index contributed by atoms with van der Waals surface area (Å²) in [6, 6.07) is 7.39. The van der Waals surface area contributed by atoms with E-state index in [4.69, 9.17) is 0 Å². The fraction of sp³-hybridized carbons (Fsp3) is 0.467.